The molecule has 0 amide bonds. The van der Waals surface area contributed by atoms with Gasteiger partial charge >= 0.3 is 6.18 Å². The molecular formula is C22H19F4N. The van der Waals surface area contributed by atoms with Gasteiger partial charge in [-0.05, 0) is 49.2 Å². The summed E-state index contributed by atoms with van der Waals surface area (Å²) in [6.07, 6.45) is 6.46. The van der Waals surface area contributed by atoms with Crippen molar-refractivity contribution in [1.29, 1.82) is 0 Å². The highest BCUT2D eigenvalue weighted by molar-refractivity contribution is 5.81. The zero-order chi connectivity index (χ0) is 19.6. The van der Waals surface area contributed by atoms with E-state index in [1.807, 2.05) is 37.3 Å². The fraction of sp³-hybridized carbons (Fsp3) is 0.182. The van der Waals surface area contributed by atoms with E-state index in [0.717, 1.165) is 29.8 Å². The van der Waals surface area contributed by atoms with E-state index in [2.05, 4.69) is 6.58 Å². The Morgan fingerprint density at radius 3 is 2.41 bits per heavy atom. The average molecular weight is 373 g/mol. The SMILES string of the molecule is C=C(F)/C(=C\CC)c1cc2c(n1-c1ccc(C(F)(F)F)cc1)C=CCC=C2. The van der Waals surface area contributed by atoms with Crippen LogP contribution in [-0.4, -0.2) is 4.57 Å². The zero-order valence-corrected chi connectivity index (χ0v) is 14.9. The molecule has 1 aromatic carbocycles. The second-order valence-corrected chi connectivity index (χ2v) is 6.22. The lowest BCUT2D eigenvalue weighted by Crippen LogP contribution is -2.06. The molecular weight excluding hydrogens is 354 g/mol. The first kappa shape index (κ1) is 19.0. The van der Waals surface area contributed by atoms with Crippen LogP contribution in [0.25, 0.3) is 23.4 Å². The van der Waals surface area contributed by atoms with Crippen molar-refractivity contribution < 1.29 is 17.6 Å². The van der Waals surface area contributed by atoms with Crippen molar-refractivity contribution in [3.8, 4) is 5.69 Å². The summed E-state index contributed by atoms with van der Waals surface area (Å²) in [6.45, 7) is 5.31. The number of aromatic nitrogens is 1. The molecule has 0 radical (unpaired) electrons. The number of halogens is 4. The Kier molecular flexibility index (Phi) is 5.22. The first-order chi connectivity index (χ1) is 12.8. The van der Waals surface area contributed by atoms with Crippen LogP contribution in [0.1, 0.15) is 42.3 Å². The van der Waals surface area contributed by atoms with Crippen LogP contribution in [0.15, 0.2) is 61.0 Å². The van der Waals surface area contributed by atoms with E-state index in [-0.39, 0.29) is 0 Å². The highest BCUT2D eigenvalue weighted by atomic mass is 19.4. The molecule has 0 atom stereocenters. The number of hydrogen-bond donors (Lipinski definition) is 0. The van der Waals surface area contributed by atoms with Gasteiger partial charge in [0.2, 0.25) is 0 Å². The van der Waals surface area contributed by atoms with Crippen LogP contribution < -0.4 is 0 Å². The van der Waals surface area contributed by atoms with Crippen LogP contribution >= 0.6 is 0 Å². The topological polar surface area (TPSA) is 4.93 Å². The number of fused-ring (bicyclic) bond motifs is 1. The maximum Gasteiger partial charge on any atom is 0.416 e. The minimum atomic E-state index is -4.40. The summed E-state index contributed by atoms with van der Waals surface area (Å²) in [7, 11) is 0. The lowest BCUT2D eigenvalue weighted by molar-refractivity contribution is -0.137. The van der Waals surface area contributed by atoms with Crippen LogP contribution in [-0.2, 0) is 6.18 Å². The van der Waals surface area contributed by atoms with E-state index >= 15 is 0 Å². The van der Waals surface area contributed by atoms with Crippen molar-refractivity contribution in [2.45, 2.75) is 25.9 Å². The molecule has 27 heavy (non-hydrogen) atoms. The van der Waals surface area contributed by atoms with Crippen molar-refractivity contribution in [1.82, 2.24) is 4.57 Å². The predicted molar refractivity (Wildman–Crippen MR) is 102 cm³/mol. The van der Waals surface area contributed by atoms with Crippen molar-refractivity contribution in [3.05, 3.63) is 83.5 Å². The predicted octanol–water partition coefficient (Wildman–Crippen LogP) is 7.20. The molecule has 1 aliphatic rings. The van der Waals surface area contributed by atoms with Gasteiger partial charge in [-0.15, -0.1) is 0 Å². The third-order valence-corrected chi connectivity index (χ3v) is 4.34. The van der Waals surface area contributed by atoms with E-state index in [4.69, 9.17) is 0 Å². The van der Waals surface area contributed by atoms with Crippen molar-refractivity contribution in [2.75, 3.05) is 0 Å². The molecule has 5 heteroatoms. The molecule has 0 saturated carbocycles. The zero-order valence-electron chi connectivity index (χ0n) is 14.9. The van der Waals surface area contributed by atoms with Gasteiger partial charge in [0.1, 0.15) is 5.83 Å². The van der Waals surface area contributed by atoms with E-state index < -0.39 is 17.6 Å². The fourth-order valence-corrected chi connectivity index (χ4v) is 3.14. The molecule has 0 fully saturated rings. The molecule has 0 unspecified atom stereocenters. The van der Waals surface area contributed by atoms with Gasteiger partial charge in [0, 0.05) is 16.8 Å². The third-order valence-electron chi connectivity index (χ3n) is 4.34. The van der Waals surface area contributed by atoms with E-state index in [1.165, 1.54) is 12.1 Å². The smallest absolute Gasteiger partial charge is 0.309 e. The molecule has 0 spiro atoms. The summed E-state index contributed by atoms with van der Waals surface area (Å²) in [5, 5.41) is 0. The Bertz CT molecular complexity index is 938. The summed E-state index contributed by atoms with van der Waals surface area (Å²) in [6, 6.07) is 6.72. The third kappa shape index (κ3) is 3.82. The first-order valence-corrected chi connectivity index (χ1v) is 8.64. The maximum absolute atomic E-state index is 14.1. The molecule has 1 aliphatic carbocycles. The maximum atomic E-state index is 14.1. The van der Waals surface area contributed by atoms with Crippen LogP contribution in [0.5, 0.6) is 0 Å². The van der Waals surface area contributed by atoms with Gasteiger partial charge in [-0.25, -0.2) is 4.39 Å². The van der Waals surface area contributed by atoms with E-state index in [9.17, 15) is 17.6 Å². The quantitative estimate of drug-likeness (QED) is 0.394. The van der Waals surface area contributed by atoms with Crippen molar-refractivity contribution in [2.24, 2.45) is 0 Å². The molecule has 0 aliphatic heterocycles. The van der Waals surface area contributed by atoms with Crippen LogP contribution in [0.3, 0.4) is 0 Å². The van der Waals surface area contributed by atoms with E-state index in [0.29, 0.717) is 23.4 Å². The van der Waals surface area contributed by atoms with Crippen molar-refractivity contribution >= 4 is 17.7 Å². The summed E-state index contributed by atoms with van der Waals surface area (Å²) < 4.78 is 54.6. The van der Waals surface area contributed by atoms with Crippen LogP contribution in [0, 0.1) is 0 Å². The lowest BCUT2D eigenvalue weighted by atomic mass is 10.1. The highest BCUT2D eigenvalue weighted by Gasteiger charge is 2.30. The lowest BCUT2D eigenvalue weighted by Gasteiger charge is -2.15. The number of hydrogen-bond acceptors (Lipinski definition) is 0. The number of allylic oxidation sites excluding steroid dienone is 5. The highest BCUT2D eigenvalue weighted by Crippen LogP contribution is 2.35. The van der Waals surface area contributed by atoms with Gasteiger partial charge < -0.3 is 4.57 Å². The number of nitrogens with zero attached hydrogens (tertiary/aromatic N) is 1. The molecule has 3 rings (SSSR count). The van der Waals surface area contributed by atoms with Gasteiger partial charge in [0.05, 0.1) is 17.0 Å². The molecule has 1 nitrogen and oxygen atoms in total. The van der Waals surface area contributed by atoms with Gasteiger partial charge in [-0.1, -0.05) is 37.8 Å². The van der Waals surface area contributed by atoms with Gasteiger partial charge in [-0.2, -0.15) is 13.2 Å². The normalized spacial score (nSPS) is 14.2. The molecule has 0 N–H and O–H groups in total. The summed E-state index contributed by atoms with van der Waals surface area (Å²) in [5.74, 6) is -0.578. The van der Waals surface area contributed by atoms with Crippen molar-refractivity contribution in [3.63, 3.8) is 0 Å². The van der Waals surface area contributed by atoms with Crippen LogP contribution in [0.2, 0.25) is 0 Å². The Balaban J connectivity index is 2.24. The largest absolute Gasteiger partial charge is 0.416 e. The Morgan fingerprint density at radius 2 is 1.81 bits per heavy atom. The Morgan fingerprint density at radius 1 is 1.15 bits per heavy atom. The van der Waals surface area contributed by atoms with Gasteiger partial charge in [0.25, 0.3) is 0 Å². The first-order valence-electron chi connectivity index (χ1n) is 8.64. The molecule has 1 aromatic heterocycles. The van der Waals surface area contributed by atoms with E-state index in [1.54, 1.807) is 10.6 Å². The molecule has 0 saturated heterocycles. The number of alkyl halides is 3. The summed E-state index contributed by atoms with van der Waals surface area (Å²) in [5.41, 5.74) is 2.38. The second-order valence-electron chi connectivity index (χ2n) is 6.22. The monoisotopic (exact) mass is 373 g/mol. The molecule has 1 heterocycles. The minimum Gasteiger partial charge on any atom is -0.309 e. The second kappa shape index (κ2) is 7.43. The minimum absolute atomic E-state index is 0.340. The Labute approximate surface area is 155 Å². The van der Waals surface area contributed by atoms with Gasteiger partial charge in [0.15, 0.2) is 0 Å². The molecule has 0 bridgehead atoms. The summed E-state index contributed by atoms with van der Waals surface area (Å²) in [4.78, 5) is 0. The summed E-state index contributed by atoms with van der Waals surface area (Å²) >= 11 is 0. The van der Waals surface area contributed by atoms with Crippen LogP contribution in [0.4, 0.5) is 17.6 Å². The number of benzene rings is 1. The standard InChI is InChI=1S/C22H19F4N/c1-3-7-19(15(2)23)21-14-16-8-5-4-6-9-20(16)27(21)18-12-10-17(11-13-18)22(24,25)26/h5-14H,2-4H2,1H3/b19-7+. The van der Waals surface area contributed by atoms with Gasteiger partial charge in [-0.3, -0.25) is 0 Å². The number of rotatable bonds is 4. The fourth-order valence-electron chi connectivity index (χ4n) is 3.14. The molecule has 2 aromatic rings. The average Bonchev–Trinajstić information content (AvgIpc) is 2.80. The molecule has 140 valence electrons. The Hall–Kier alpha value is -2.82.